The highest BCUT2D eigenvalue weighted by Gasteiger charge is 2.52. The van der Waals surface area contributed by atoms with E-state index in [-0.39, 0.29) is 11.6 Å². The highest BCUT2D eigenvalue weighted by atomic mass is 32.2. The van der Waals surface area contributed by atoms with E-state index in [4.69, 9.17) is 9.16 Å². The van der Waals surface area contributed by atoms with Gasteiger partial charge in [0.05, 0.1) is 12.8 Å². The van der Waals surface area contributed by atoms with E-state index in [9.17, 15) is 35.6 Å². The lowest BCUT2D eigenvalue weighted by molar-refractivity contribution is -0.0659. The number of hydrogen-bond donors (Lipinski definition) is 1. The summed E-state index contributed by atoms with van der Waals surface area (Å²) in [6.45, 7) is 9.17. The van der Waals surface area contributed by atoms with Gasteiger partial charge in [-0.3, -0.25) is 18.5 Å². The van der Waals surface area contributed by atoms with E-state index in [1.807, 2.05) is 33.9 Å². The quantitative estimate of drug-likeness (QED) is 0.280. The van der Waals surface area contributed by atoms with Gasteiger partial charge in [0, 0.05) is 6.42 Å². The summed E-state index contributed by atoms with van der Waals surface area (Å²) < 4.78 is 91.4. The second kappa shape index (κ2) is 8.42. The minimum atomic E-state index is -5.97. The number of hydrogen-bond acceptors (Lipinski definition) is 7. The van der Waals surface area contributed by atoms with Crippen LogP contribution < -0.4 is 11.2 Å². The molecule has 0 radical (unpaired) electrons. The van der Waals surface area contributed by atoms with Gasteiger partial charge in [-0.05, 0) is 18.1 Å². The van der Waals surface area contributed by atoms with Crippen molar-refractivity contribution in [2.24, 2.45) is 0 Å². The van der Waals surface area contributed by atoms with Gasteiger partial charge in [-0.1, -0.05) is 20.8 Å². The SMILES string of the molecule is CC(C)(C)[Si](C)(C)OC[C@H]1O[C@@H](n2cc(F)c(=O)[nH]c2=O)C[C@@H]1OS(=O)(=O)C(F)(F)F. The van der Waals surface area contributed by atoms with Crippen LogP contribution in [0.5, 0.6) is 0 Å². The van der Waals surface area contributed by atoms with Crippen LogP contribution >= 0.6 is 0 Å². The van der Waals surface area contributed by atoms with Gasteiger partial charge >= 0.3 is 21.3 Å². The molecule has 2 heterocycles. The first-order valence-electron chi connectivity index (χ1n) is 9.15. The second-order valence-electron chi connectivity index (χ2n) is 8.61. The largest absolute Gasteiger partial charge is 0.523 e. The van der Waals surface area contributed by atoms with Gasteiger partial charge < -0.3 is 9.16 Å². The highest BCUT2D eigenvalue weighted by molar-refractivity contribution is 7.87. The summed E-state index contributed by atoms with van der Waals surface area (Å²) in [6.07, 6.45) is -4.37. The molecule has 15 heteroatoms. The van der Waals surface area contributed by atoms with Crippen LogP contribution in [0.3, 0.4) is 0 Å². The number of H-pyrrole nitrogens is 1. The number of ether oxygens (including phenoxy) is 1. The lowest BCUT2D eigenvalue weighted by atomic mass is 10.2. The number of rotatable bonds is 6. The highest BCUT2D eigenvalue weighted by Crippen LogP contribution is 2.39. The third kappa shape index (κ3) is 5.63. The lowest BCUT2D eigenvalue weighted by Crippen LogP contribution is -2.44. The lowest BCUT2D eigenvalue weighted by Gasteiger charge is -2.37. The van der Waals surface area contributed by atoms with Crippen molar-refractivity contribution in [3.05, 3.63) is 32.9 Å². The normalized spacial score (nSPS) is 23.3. The van der Waals surface area contributed by atoms with E-state index in [1.165, 1.54) is 0 Å². The summed E-state index contributed by atoms with van der Waals surface area (Å²) >= 11 is 0. The minimum absolute atomic E-state index is 0.265. The average molecular weight is 493 g/mol. The van der Waals surface area contributed by atoms with E-state index in [0.29, 0.717) is 10.8 Å². The maximum absolute atomic E-state index is 13.6. The van der Waals surface area contributed by atoms with Crippen LogP contribution in [0.2, 0.25) is 18.1 Å². The molecule has 0 saturated carbocycles. The van der Waals surface area contributed by atoms with Crippen molar-refractivity contribution < 1.29 is 39.3 Å². The van der Waals surface area contributed by atoms with Gasteiger partial charge in [0.25, 0.3) is 5.56 Å². The topological polar surface area (TPSA) is 117 Å². The van der Waals surface area contributed by atoms with E-state index >= 15 is 0 Å². The van der Waals surface area contributed by atoms with Crippen LogP contribution in [-0.4, -0.2) is 50.6 Å². The Morgan fingerprint density at radius 3 is 2.35 bits per heavy atom. The van der Waals surface area contributed by atoms with E-state index in [0.717, 1.165) is 0 Å². The molecule has 1 N–H and O–H groups in total. The van der Waals surface area contributed by atoms with Crippen molar-refractivity contribution in [2.45, 2.75) is 69.3 Å². The zero-order valence-corrected chi connectivity index (χ0v) is 19.3. The number of nitrogens with zero attached hydrogens (tertiary/aromatic N) is 1. The second-order valence-corrected chi connectivity index (χ2v) is 15.0. The number of aromatic nitrogens is 2. The molecular weight excluding hydrogens is 468 g/mol. The standard InChI is InChI=1S/C16H24F4N2O7SSi/c1-15(2,3)31(4,5)27-8-11-10(29-30(25,26)16(18,19)20)6-12(28-11)22-7-9(17)13(23)21-14(22)24/h7,10-12H,6,8H2,1-5H3,(H,21,23,24)/t10-,11+,12+/m0/s1. The molecule has 0 aromatic carbocycles. The molecule has 1 aliphatic heterocycles. The van der Waals surface area contributed by atoms with Gasteiger partial charge in [0.1, 0.15) is 18.4 Å². The van der Waals surface area contributed by atoms with Crippen LogP contribution in [0.25, 0.3) is 0 Å². The Kier molecular flexibility index (Phi) is 6.98. The predicted octanol–water partition coefficient (Wildman–Crippen LogP) is 2.22. The molecule has 3 atom stereocenters. The molecule has 0 bridgehead atoms. The van der Waals surface area contributed by atoms with E-state index in [2.05, 4.69) is 4.18 Å². The Morgan fingerprint density at radius 2 is 1.84 bits per heavy atom. The van der Waals surface area contributed by atoms with Gasteiger partial charge in [0.2, 0.25) is 5.82 Å². The van der Waals surface area contributed by atoms with Gasteiger partial charge in [0.15, 0.2) is 8.32 Å². The molecule has 1 saturated heterocycles. The number of alkyl halides is 3. The average Bonchev–Trinajstić information content (AvgIpc) is 2.96. The molecule has 9 nitrogen and oxygen atoms in total. The fourth-order valence-electron chi connectivity index (χ4n) is 2.52. The molecule has 1 aromatic heterocycles. The molecule has 0 unspecified atom stereocenters. The summed E-state index contributed by atoms with van der Waals surface area (Å²) in [6, 6.07) is 0. The summed E-state index contributed by atoms with van der Waals surface area (Å²) in [4.78, 5) is 24.9. The molecule has 0 aliphatic carbocycles. The first-order chi connectivity index (χ1) is 13.9. The van der Waals surface area contributed by atoms with E-state index < -0.39 is 65.9 Å². The van der Waals surface area contributed by atoms with Crippen molar-refractivity contribution in [2.75, 3.05) is 6.61 Å². The summed E-state index contributed by atoms with van der Waals surface area (Å²) in [5.41, 5.74) is -8.04. The molecule has 1 aromatic rings. The van der Waals surface area contributed by atoms with Crippen molar-refractivity contribution in [1.29, 1.82) is 0 Å². The smallest absolute Gasteiger partial charge is 0.414 e. The van der Waals surface area contributed by atoms with Gasteiger partial charge in [-0.25, -0.2) is 4.79 Å². The van der Waals surface area contributed by atoms with Crippen LogP contribution in [0.1, 0.15) is 33.4 Å². The molecule has 2 rings (SSSR count). The Balaban J connectivity index is 2.34. The summed E-state index contributed by atoms with van der Waals surface area (Å²) in [5, 5.41) is -0.265. The maximum Gasteiger partial charge on any atom is 0.523 e. The molecule has 1 aliphatic rings. The Bertz CT molecular complexity index is 1030. The molecule has 31 heavy (non-hydrogen) atoms. The van der Waals surface area contributed by atoms with Crippen LogP contribution in [0.15, 0.2) is 15.8 Å². The fourth-order valence-corrected chi connectivity index (χ4v) is 4.17. The van der Waals surface area contributed by atoms with Crippen molar-refractivity contribution in [3.8, 4) is 0 Å². The monoisotopic (exact) mass is 492 g/mol. The first kappa shape index (κ1) is 25.7. The van der Waals surface area contributed by atoms with Gasteiger partial charge in [-0.2, -0.15) is 26.0 Å². The molecule has 0 amide bonds. The molecule has 0 spiro atoms. The molecular formula is C16H24F4N2O7SSi. The van der Waals surface area contributed by atoms with Crippen LogP contribution in [-0.2, 0) is 23.5 Å². The van der Waals surface area contributed by atoms with Crippen molar-refractivity contribution >= 4 is 18.4 Å². The minimum Gasteiger partial charge on any atom is -0.414 e. The number of halogens is 4. The zero-order valence-electron chi connectivity index (χ0n) is 17.4. The third-order valence-electron chi connectivity index (χ3n) is 5.36. The molecule has 1 fully saturated rings. The van der Waals surface area contributed by atoms with Crippen LogP contribution in [0, 0.1) is 5.82 Å². The molecule has 178 valence electrons. The third-order valence-corrected chi connectivity index (χ3v) is 10.9. The number of nitrogens with one attached hydrogen (secondary N) is 1. The first-order valence-corrected chi connectivity index (χ1v) is 13.5. The van der Waals surface area contributed by atoms with Crippen molar-refractivity contribution in [1.82, 2.24) is 9.55 Å². The van der Waals surface area contributed by atoms with E-state index in [1.54, 1.807) is 4.98 Å². The fraction of sp³-hybridized carbons (Fsp3) is 0.750. The maximum atomic E-state index is 13.6. The summed E-state index contributed by atoms with van der Waals surface area (Å²) in [7, 11) is -8.38. The van der Waals surface area contributed by atoms with Crippen LogP contribution in [0.4, 0.5) is 17.6 Å². The Hall–Kier alpha value is -1.55. The van der Waals surface area contributed by atoms with Gasteiger partial charge in [-0.15, -0.1) is 0 Å². The Labute approximate surface area is 176 Å². The number of aromatic amines is 1. The predicted molar refractivity (Wildman–Crippen MR) is 103 cm³/mol. The zero-order chi connectivity index (χ0) is 24.0. The summed E-state index contributed by atoms with van der Waals surface area (Å²) in [5.74, 6) is -1.33. The van der Waals surface area contributed by atoms with Crippen molar-refractivity contribution in [3.63, 3.8) is 0 Å². The Morgan fingerprint density at radius 1 is 1.26 bits per heavy atom.